The second-order valence-electron chi connectivity index (χ2n) is 5.93. The van der Waals surface area contributed by atoms with E-state index in [9.17, 15) is 19.5 Å². The molecule has 1 rings (SSSR count). The Morgan fingerprint density at radius 1 is 1.18 bits per heavy atom. The number of carbonyl (C=O) groups excluding carboxylic acids is 2. The summed E-state index contributed by atoms with van der Waals surface area (Å²) in [6.45, 7) is 6.57. The second-order valence-corrected chi connectivity index (χ2v) is 5.93. The minimum absolute atomic E-state index is 0.0766. The summed E-state index contributed by atoms with van der Waals surface area (Å²) in [6, 6.07) is -1.96. The first-order chi connectivity index (χ1) is 10.1. The number of aliphatic carboxylic acids is 1. The van der Waals surface area contributed by atoms with E-state index in [1.807, 2.05) is 0 Å². The molecule has 2 amide bonds. The third-order valence-corrected chi connectivity index (χ3v) is 2.94. The van der Waals surface area contributed by atoms with Crippen LogP contribution in [0.5, 0.6) is 0 Å². The fourth-order valence-corrected chi connectivity index (χ4v) is 1.67. The van der Waals surface area contributed by atoms with Gasteiger partial charge in [-0.05, 0) is 12.3 Å². The van der Waals surface area contributed by atoms with Crippen molar-refractivity contribution in [2.45, 2.75) is 39.8 Å². The van der Waals surface area contributed by atoms with Crippen LogP contribution in [-0.4, -0.2) is 44.9 Å². The van der Waals surface area contributed by atoms with Crippen molar-refractivity contribution in [2.75, 3.05) is 0 Å². The van der Waals surface area contributed by atoms with Gasteiger partial charge in [0, 0.05) is 12.4 Å². The average Bonchev–Trinajstić information content (AvgIpc) is 2.43. The number of aromatic nitrogens is 2. The molecule has 8 nitrogen and oxygen atoms in total. The van der Waals surface area contributed by atoms with Crippen LogP contribution in [-0.2, 0) is 9.59 Å². The largest absolute Gasteiger partial charge is 0.480 e. The van der Waals surface area contributed by atoms with Gasteiger partial charge in [0.2, 0.25) is 5.91 Å². The number of carboxylic acids is 1. The fourth-order valence-electron chi connectivity index (χ4n) is 1.67. The van der Waals surface area contributed by atoms with Crippen molar-refractivity contribution in [3.8, 4) is 0 Å². The third-order valence-electron chi connectivity index (χ3n) is 2.94. The van der Waals surface area contributed by atoms with Gasteiger partial charge in [0.15, 0.2) is 0 Å². The number of carboxylic acid groups (broad SMARTS) is 1. The van der Waals surface area contributed by atoms with Gasteiger partial charge in [-0.2, -0.15) is 0 Å². The van der Waals surface area contributed by atoms with Crippen molar-refractivity contribution < 1.29 is 19.5 Å². The van der Waals surface area contributed by atoms with Crippen molar-refractivity contribution in [3.63, 3.8) is 0 Å². The van der Waals surface area contributed by atoms with Crippen molar-refractivity contribution >= 4 is 17.8 Å². The molecule has 0 aliphatic heterocycles. The summed E-state index contributed by atoms with van der Waals surface area (Å²) in [5.74, 6) is -2.27. The number of nitrogens with one attached hydrogen (secondary N) is 2. The summed E-state index contributed by atoms with van der Waals surface area (Å²) in [6.07, 6.45) is 4.06. The van der Waals surface area contributed by atoms with Gasteiger partial charge in [0.1, 0.15) is 17.8 Å². The van der Waals surface area contributed by atoms with Crippen molar-refractivity contribution in [2.24, 2.45) is 5.41 Å². The maximum atomic E-state index is 12.0. The summed E-state index contributed by atoms with van der Waals surface area (Å²) < 4.78 is 0. The Labute approximate surface area is 128 Å². The molecule has 120 valence electrons. The van der Waals surface area contributed by atoms with E-state index in [0.717, 1.165) is 0 Å². The van der Waals surface area contributed by atoms with E-state index in [1.165, 1.54) is 25.5 Å². The highest BCUT2D eigenvalue weighted by atomic mass is 16.4. The number of hydrogen-bond donors (Lipinski definition) is 3. The van der Waals surface area contributed by atoms with E-state index in [2.05, 4.69) is 20.6 Å². The van der Waals surface area contributed by atoms with Gasteiger partial charge in [0.05, 0.1) is 6.20 Å². The van der Waals surface area contributed by atoms with Gasteiger partial charge < -0.3 is 15.7 Å². The predicted molar refractivity (Wildman–Crippen MR) is 78.0 cm³/mol. The first-order valence-electron chi connectivity index (χ1n) is 6.73. The topological polar surface area (TPSA) is 121 Å². The zero-order valence-electron chi connectivity index (χ0n) is 13.0. The van der Waals surface area contributed by atoms with Crippen LogP contribution in [0, 0.1) is 5.41 Å². The van der Waals surface area contributed by atoms with Crippen molar-refractivity contribution in [1.82, 2.24) is 20.6 Å². The van der Waals surface area contributed by atoms with Gasteiger partial charge >= 0.3 is 5.97 Å². The molecule has 1 aromatic rings. The van der Waals surface area contributed by atoms with Crippen LogP contribution in [0.4, 0.5) is 0 Å². The SMILES string of the molecule is CC(NC(=O)c1cnccn1)C(=O)NC(C(=O)O)C(C)(C)C. The van der Waals surface area contributed by atoms with Gasteiger partial charge in [-0.25, -0.2) is 9.78 Å². The lowest BCUT2D eigenvalue weighted by Crippen LogP contribution is -2.54. The monoisotopic (exact) mass is 308 g/mol. The summed E-state index contributed by atoms with van der Waals surface area (Å²) in [4.78, 5) is 42.7. The molecule has 2 unspecified atom stereocenters. The minimum Gasteiger partial charge on any atom is -0.480 e. The van der Waals surface area contributed by atoms with E-state index in [4.69, 9.17) is 0 Å². The maximum Gasteiger partial charge on any atom is 0.326 e. The number of carbonyl (C=O) groups is 3. The third kappa shape index (κ3) is 4.80. The highest BCUT2D eigenvalue weighted by molar-refractivity contribution is 5.96. The Kier molecular flexibility index (Phi) is 5.56. The molecule has 0 bridgehead atoms. The number of hydrogen-bond acceptors (Lipinski definition) is 5. The molecular formula is C14H20N4O4. The van der Waals surface area contributed by atoms with Crippen LogP contribution < -0.4 is 10.6 Å². The highest BCUT2D eigenvalue weighted by Crippen LogP contribution is 2.19. The van der Waals surface area contributed by atoms with Crippen LogP contribution >= 0.6 is 0 Å². The normalized spacial score (nSPS) is 13.8. The van der Waals surface area contributed by atoms with Crippen LogP contribution in [0.1, 0.15) is 38.2 Å². The van der Waals surface area contributed by atoms with E-state index < -0.39 is 35.3 Å². The van der Waals surface area contributed by atoms with Crippen molar-refractivity contribution in [3.05, 3.63) is 24.3 Å². The molecule has 22 heavy (non-hydrogen) atoms. The Bertz CT molecular complexity index is 554. The Morgan fingerprint density at radius 3 is 2.27 bits per heavy atom. The van der Waals surface area contributed by atoms with Crippen LogP contribution in [0.3, 0.4) is 0 Å². The van der Waals surface area contributed by atoms with Gasteiger partial charge in [-0.3, -0.25) is 14.6 Å². The van der Waals surface area contributed by atoms with E-state index in [0.29, 0.717) is 0 Å². The molecule has 3 N–H and O–H groups in total. The zero-order chi connectivity index (χ0) is 16.9. The minimum atomic E-state index is -1.13. The van der Waals surface area contributed by atoms with E-state index in [1.54, 1.807) is 20.8 Å². The lowest BCUT2D eigenvalue weighted by atomic mass is 9.86. The smallest absolute Gasteiger partial charge is 0.326 e. The molecule has 0 spiro atoms. The molecule has 0 saturated carbocycles. The van der Waals surface area contributed by atoms with E-state index in [-0.39, 0.29) is 5.69 Å². The van der Waals surface area contributed by atoms with Gasteiger partial charge in [0.25, 0.3) is 5.91 Å². The predicted octanol–water partition coefficient (Wildman–Crippen LogP) is 0.210. The van der Waals surface area contributed by atoms with Gasteiger partial charge in [-0.1, -0.05) is 20.8 Å². The molecular weight excluding hydrogens is 288 g/mol. The fraction of sp³-hybridized carbons (Fsp3) is 0.500. The molecule has 1 heterocycles. The zero-order valence-corrected chi connectivity index (χ0v) is 13.0. The van der Waals surface area contributed by atoms with Crippen LogP contribution in [0.2, 0.25) is 0 Å². The van der Waals surface area contributed by atoms with E-state index >= 15 is 0 Å². The lowest BCUT2D eigenvalue weighted by molar-refractivity contribution is -0.145. The second kappa shape index (κ2) is 6.97. The molecule has 8 heteroatoms. The number of amides is 2. The summed E-state index contributed by atoms with van der Waals surface area (Å²) in [7, 11) is 0. The molecule has 0 radical (unpaired) electrons. The molecule has 0 saturated heterocycles. The Balaban J connectivity index is 2.69. The van der Waals surface area contributed by atoms with Crippen LogP contribution in [0.15, 0.2) is 18.6 Å². The summed E-state index contributed by atoms with van der Waals surface area (Å²) in [5.41, 5.74) is -0.580. The number of nitrogens with zero attached hydrogens (tertiary/aromatic N) is 2. The molecule has 2 atom stereocenters. The summed E-state index contributed by atoms with van der Waals surface area (Å²) >= 11 is 0. The molecule has 0 aromatic carbocycles. The first kappa shape index (κ1) is 17.5. The number of rotatable bonds is 5. The Hall–Kier alpha value is -2.51. The first-order valence-corrected chi connectivity index (χ1v) is 6.73. The van der Waals surface area contributed by atoms with Crippen LogP contribution in [0.25, 0.3) is 0 Å². The molecule has 0 fully saturated rings. The highest BCUT2D eigenvalue weighted by Gasteiger charge is 2.33. The quantitative estimate of drug-likeness (QED) is 0.715. The lowest BCUT2D eigenvalue weighted by Gasteiger charge is -2.28. The average molecular weight is 308 g/mol. The van der Waals surface area contributed by atoms with Gasteiger partial charge in [-0.15, -0.1) is 0 Å². The molecule has 0 aliphatic rings. The molecule has 0 aliphatic carbocycles. The van der Waals surface area contributed by atoms with Crippen molar-refractivity contribution in [1.29, 1.82) is 0 Å². The maximum absolute atomic E-state index is 12.0. The standard InChI is InChI=1S/C14H20N4O4/c1-8(17-12(20)9-7-15-5-6-16-9)11(19)18-10(13(21)22)14(2,3)4/h5-8,10H,1-4H3,(H,17,20)(H,18,19)(H,21,22). The summed E-state index contributed by atoms with van der Waals surface area (Å²) in [5, 5.41) is 14.0. The Morgan fingerprint density at radius 2 is 1.82 bits per heavy atom. The molecule has 1 aromatic heterocycles.